The lowest BCUT2D eigenvalue weighted by molar-refractivity contribution is 0.0696. The number of benzene rings is 1. The van der Waals surface area contributed by atoms with Crippen LogP contribution < -0.4 is 4.72 Å². The van der Waals surface area contributed by atoms with E-state index in [0.717, 1.165) is 6.54 Å². The van der Waals surface area contributed by atoms with Gasteiger partial charge in [-0.15, -0.1) is 0 Å². The van der Waals surface area contributed by atoms with Crippen molar-refractivity contribution in [2.75, 3.05) is 0 Å². The number of hydrogen-bond acceptors (Lipinski definition) is 4. The van der Waals surface area contributed by atoms with E-state index in [9.17, 15) is 13.2 Å². The van der Waals surface area contributed by atoms with Crippen molar-refractivity contribution in [3.05, 3.63) is 48.0 Å². The fourth-order valence-corrected chi connectivity index (χ4v) is 3.07. The summed E-state index contributed by atoms with van der Waals surface area (Å²) in [6.45, 7) is 4.96. The Labute approximate surface area is 135 Å². The Morgan fingerprint density at radius 2 is 1.96 bits per heavy atom. The normalized spacial score (nSPS) is 11.8. The maximum Gasteiger partial charge on any atom is 0.335 e. The topological polar surface area (TPSA) is 101 Å². The van der Waals surface area contributed by atoms with Gasteiger partial charge in [-0.3, -0.25) is 0 Å². The number of nitrogens with zero attached hydrogens (tertiary/aromatic N) is 2. The van der Waals surface area contributed by atoms with Crippen LogP contribution in [-0.2, 0) is 23.1 Å². The van der Waals surface area contributed by atoms with Gasteiger partial charge in [0.05, 0.1) is 17.0 Å². The van der Waals surface area contributed by atoms with Crippen molar-refractivity contribution in [3.8, 4) is 0 Å². The number of aromatic nitrogens is 2. The summed E-state index contributed by atoms with van der Waals surface area (Å²) >= 11 is 0. The molecule has 0 amide bonds. The van der Waals surface area contributed by atoms with Gasteiger partial charge in [0.15, 0.2) is 0 Å². The number of carboxylic acid groups (broad SMARTS) is 1. The molecule has 8 heteroatoms. The molecule has 0 fully saturated rings. The van der Waals surface area contributed by atoms with Gasteiger partial charge in [-0.1, -0.05) is 13.8 Å². The molecule has 0 unspecified atom stereocenters. The number of aromatic carboxylic acids is 1. The van der Waals surface area contributed by atoms with E-state index in [1.807, 2.05) is 10.8 Å². The molecule has 124 valence electrons. The monoisotopic (exact) mass is 337 g/mol. The Morgan fingerprint density at radius 1 is 1.30 bits per heavy atom. The predicted octanol–water partition coefficient (Wildman–Crippen LogP) is 1.72. The molecule has 0 aliphatic carbocycles. The van der Waals surface area contributed by atoms with Gasteiger partial charge < -0.3 is 9.67 Å². The molecule has 0 saturated carbocycles. The van der Waals surface area contributed by atoms with Crippen molar-refractivity contribution in [3.63, 3.8) is 0 Å². The van der Waals surface area contributed by atoms with Crippen molar-refractivity contribution in [1.29, 1.82) is 0 Å². The first-order valence-corrected chi connectivity index (χ1v) is 8.61. The molecule has 0 aliphatic rings. The summed E-state index contributed by atoms with van der Waals surface area (Å²) in [6, 6.07) is 5.06. The molecule has 0 radical (unpaired) electrons. The van der Waals surface area contributed by atoms with Crippen LogP contribution in [0.25, 0.3) is 0 Å². The summed E-state index contributed by atoms with van der Waals surface area (Å²) in [5.41, 5.74) is 0.0384. The number of imidazole rings is 1. The van der Waals surface area contributed by atoms with E-state index in [-0.39, 0.29) is 17.0 Å². The molecule has 2 N–H and O–H groups in total. The molecule has 2 aromatic rings. The van der Waals surface area contributed by atoms with E-state index in [1.165, 1.54) is 24.3 Å². The summed E-state index contributed by atoms with van der Waals surface area (Å²) in [4.78, 5) is 15.0. The number of sulfonamides is 1. The Hall–Kier alpha value is -2.19. The standard InChI is InChI=1S/C15H19N3O4S/c1-11(2)10-18-8-7-16-14(18)9-17-23(21,22)13-5-3-12(4-6-13)15(19)20/h3-8,11,17H,9-10H2,1-2H3,(H,19,20). The highest BCUT2D eigenvalue weighted by Crippen LogP contribution is 2.11. The van der Waals surface area contributed by atoms with Crippen LogP contribution in [0.3, 0.4) is 0 Å². The lowest BCUT2D eigenvalue weighted by Crippen LogP contribution is -2.25. The van der Waals surface area contributed by atoms with Gasteiger partial charge in [0.25, 0.3) is 0 Å². The molecule has 0 saturated heterocycles. The van der Waals surface area contributed by atoms with Gasteiger partial charge in [-0.05, 0) is 30.2 Å². The Morgan fingerprint density at radius 3 is 2.52 bits per heavy atom. The van der Waals surface area contributed by atoms with Crippen molar-refractivity contribution >= 4 is 16.0 Å². The second kappa shape index (κ2) is 6.93. The zero-order valence-corrected chi connectivity index (χ0v) is 13.7. The molecule has 0 aliphatic heterocycles. The van der Waals surface area contributed by atoms with Crippen LogP contribution in [0.2, 0.25) is 0 Å². The lowest BCUT2D eigenvalue weighted by Gasteiger charge is -2.11. The van der Waals surface area contributed by atoms with Crippen molar-refractivity contribution in [1.82, 2.24) is 14.3 Å². The van der Waals surface area contributed by atoms with Crippen LogP contribution in [0.15, 0.2) is 41.6 Å². The third-order valence-corrected chi connectivity index (χ3v) is 4.61. The van der Waals surface area contributed by atoms with Crippen LogP contribution in [-0.4, -0.2) is 29.0 Å². The molecule has 1 heterocycles. The van der Waals surface area contributed by atoms with Gasteiger partial charge in [-0.2, -0.15) is 0 Å². The minimum Gasteiger partial charge on any atom is -0.478 e. The van der Waals surface area contributed by atoms with Gasteiger partial charge in [0, 0.05) is 18.9 Å². The molecule has 0 atom stereocenters. The summed E-state index contributed by atoms with van der Waals surface area (Å²) in [5, 5.41) is 8.83. The van der Waals surface area contributed by atoms with E-state index >= 15 is 0 Å². The van der Waals surface area contributed by atoms with Gasteiger partial charge in [0.2, 0.25) is 10.0 Å². The minimum absolute atomic E-state index is 0.0180. The van der Waals surface area contributed by atoms with E-state index in [2.05, 4.69) is 23.6 Å². The maximum absolute atomic E-state index is 12.2. The van der Waals surface area contributed by atoms with Crippen LogP contribution in [0.4, 0.5) is 0 Å². The first kappa shape index (κ1) is 17.2. The summed E-state index contributed by atoms with van der Waals surface area (Å²) in [7, 11) is -3.72. The van der Waals surface area contributed by atoms with Crippen LogP contribution in [0.1, 0.15) is 30.0 Å². The van der Waals surface area contributed by atoms with Crippen molar-refractivity contribution in [2.45, 2.75) is 31.8 Å². The first-order chi connectivity index (χ1) is 10.8. The highest BCUT2D eigenvalue weighted by Gasteiger charge is 2.16. The zero-order chi connectivity index (χ0) is 17.0. The smallest absolute Gasteiger partial charge is 0.335 e. The van der Waals surface area contributed by atoms with Crippen molar-refractivity contribution < 1.29 is 18.3 Å². The summed E-state index contributed by atoms with van der Waals surface area (Å²) in [6.07, 6.45) is 3.44. The van der Waals surface area contributed by atoms with E-state index in [1.54, 1.807) is 6.20 Å². The number of hydrogen-bond donors (Lipinski definition) is 2. The maximum atomic E-state index is 12.2. The van der Waals surface area contributed by atoms with Gasteiger partial charge in [0.1, 0.15) is 5.82 Å². The van der Waals surface area contributed by atoms with Crippen LogP contribution in [0, 0.1) is 5.92 Å². The number of rotatable bonds is 7. The van der Waals surface area contributed by atoms with E-state index < -0.39 is 16.0 Å². The molecule has 1 aromatic carbocycles. The quantitative estimate of drug-likeness (QED) is 0.801. The molecular weight excluding hydrogens is 318 g/mol. The lowest BCUT2D eigenvalue weighted by atomic mass is 10.2. The number of carbonyl (C=O) groups is 1. The molecule has 1 aromatic heterocycles. The molecule has 2 rings (SSSR count). The van der Waals surface area contributed by atoms with Crippen molar-refractivity contribution in [2.24, 2.45) is 5.92 Å². The summed E-state index contributed by atoms with van der Waals surface area (Å²) < 4.78 is 28.9. The average molecular weight is 337 g/mol. The largest absolute Gasteiger partial charge is 0.478 e. The van der Waals surface area contributed by atoms with E-state index in [4.69, 9.17) is 5.11 Å². The minimum atomic E-state index is -3.72. The predicted molar refractivity (Wildman–Crippen MR) is 84.5 cm³/mol. The molecule has 23 heavy (non-hydrogen) atoms. The molecule has 0 bridgehead atoms. The molecule has 0 spiro atoms. The highest BCUT2D eigenvalue weighted by atomic mass is 32.2. The third-order valence-electron chi connectivity index (χ3n) is 3.20. The molecule has 7 nitrogen and oxygen atoms in total. The Bertz CT molecular complexity index is 779. The second-order valence-corrected chi connectivity index (χ2v) is 7.31. The van der Waals surface area contributed by atoms with Crippen LogP contribution in [0.5, 0.6) is 0 Å². The second-order valence-electron chi connectivity index (χ2n) is 5.54. The zero-order valence-electron chi connectivity index (χ0n) is 12.9. The van der Waals surface area contributed by atoms with E-state index in [0.29, 0.717) is 11.7 Å². The van der Waals surface area contributed by atoms with Crippen LogP contribution >= 0.6 is 0 Å². The van der Waals surface area contributed by atoms with Gasteiger partial charge >= 0.3 is 5.97 Å². The third kappa shape index (κ3) is 4.40. The number of carboxylic acids is 1. The molecular formula is C15H19N3O4S. The number of nitrogens with one attached hydrogen (secondary N) is 1. The SMILES string of the molecule is CC(C)Cn1ccnc1CNS(=O)(=O)c1ccc(C(=O)O)cc1. The van der Waals surface area contributed by atoms with Gasteiger partial charge in [-0.25, -0.2) is 22.9 Å². The fraction of sp³-hybridized carbons (Fsp3) is 0.333. The first-order valence-electron chi connectivity index (χ1n) is 7.12. The Kier molecular flexibility index (Phi) is 5.17. The fourth-order valence-electron chi connectivity index (χ4n) is 2.09. The summed E-state index contributed by atoms with van der Waals surface area (Å²) in [5.74, 6) is -0.0508. The average Bonchev–Trinajstić information content (AvgIpc) is 2.92. The highest BCUT2D eigenvalue weighted by molar-refractivity contribution is 7.89. The Balaban J connectivity index is 2.10.